The van der Waals surface area contributed by atoms with Gasteiger partial charge in [0, 0.05) is 10.6 Å². The van der Waals surface area contributed by atoms with Crippen molar-refractivity contribution < 1.29 is 9.47 Å². The number of hydrogen-bond donors (Lipinski definition) is 0. The predicted octanol–water partition coefficient (Wildman–Crippen LogP) is 5.77. The standard InChI is InChI=1S/C25H22Cl2N2O3/c1-17-5-4-7-21(27)23(17)32-16-15-31-14-13-29-24(18-9-11-19(26)12-10-18)28-22-8-3-2-6-20(22)25(29)30/h2-12H,13-16H2,1H3. The van der Waals surface area contributed by atoms with Crippen LogP contribution < -0.4 is 10.3 Å². The SMILES string of the molecule is Cc1cccc(Cl)c1OCCOCCn1c(-c2ccc(Cl)cc2)nc2ccccc2c1=O. The Kier molecular flexibility index (Phi) is 7.10. The van der Waals surface area contributed by atoms with E-state index in [2.05, 4.69) is 0 Å². The van der Waals surface area contributed by atoms with Gasteiger partial charge in [0.2, 0.25) is 0 Å². The third kappa shape index (κ3) is 4.96. The lowest BCUT2D eigenvalue weighted by Gasteiger charge is -2.15. The second-order valence-corrected chi connectivity index (χ2v) is 8.11. The quantitative estimate of drug-likeness (QED) is 0.307. The Balaban J connectivity index is 1.47. The number of para-hydroxylation sites is 2. The first-order valence-electron chi connectivity index (χ1n) is 10.3. The number of hydrogen-bond acceptors (Lipinski definition) is 4. The maximum atomic E-state index is 13.2. The minimum Gasteiger partial charge on any atom is -0.489 e. The molecule has 1 aromatic heterocycles. The van der Waals surface area contributed by atoms with E-state index in [0.717, 1.165) is 11.1 Å². The molecule has 4 rings (SSSR count). The number of halogens is 2. The van der Waals surface area contributed by atoms with Crippen LogP contribution in [0.2, 0.25) is 10.0 Å². The lowest BCUT2D eigenvalue weighted by atomic mass is 10.2. The zero-order valence-corrected chi connectivity index (χ0v) is 19.1. The summed E-state index contributed by atoms with van der Waals surface area (Å²) < 4.78 is 13.1. The van der Waals surface area contributed by atoms with Crippen molar-refractivity contribution in [1.82, 2.24) is 9.55 Å². The number of nitrogens with zero attached hydrogens (tertiary/aromatic N) is 2. The molecular formula is C25H22Cl2N2O3. The van der Waals surface area contributed by atoms with Crippen molar-refractivity contribution in [1.29, 1.82) is 0 Å². The van der Waals surface area contributed by atoms with Gasteiger partial charge >= 0.3 is 0 Å². The van der Waals surface area contributed by atoms with E-state index in [1.807, 2.05) is 49.4 Å². The molecule has 0 saturated carbocycles. The van der Waals surface area contributed by atoms with Crippen molar-refractivity contribution in [2.45, 2.75) is 13.5 Å². The van der Waals surface area contributed by atoms with Gasteiger partial charge in [-0.25, -0.2) is 4.98 Å². The van der Waals surface area contributed by atoms with Crippen molar-refractivity contribution in [3.8, 4) is 17.1 Å². The van der Waals surface area contributed by atoms with Crippen LogP contribution in [0.4, 0.5) is 0 Å². The molecule has 0 radical (unpaired) electrons. The highest BCUT2D eigenvalue weighted by atomic mass is 35.5. The average molecular weight is 469 g/mol. The molecule has 0 N–H and O–H groups in total. The van der Waals surface area contributed by atoms with E-state index >= 15 is 0 Å². The molecule has 164 valence electrons. The first-order chi connectivity index (χ1) is 15.5. The molecule has 5 nitrogen and oxygen atoms in total. The molecule has 0 unspecified atom stereocenters. The molecule has 0 bridgehead atoms. The van der Waals surface area contributed by atoms with Crippen LogP contribution in [0.5, 0.6) is 5.75 Å². The minimum atomic E-state index is -0.105. The van der Waals surface area contributed by atoms with Gasteiger partial charge in [-0.15, -0.1) is 0 Å². The Hall–Kier alpha value is -2.86. The number of benzene rings is 3. The third-order valence-electron chi connectivity index (χ3n) is 5.06. The molecule has 0 amide bonds. The van der Waals surface area contributed by atoms with Crippen molar-refractivity contribution in [2.24, 2.45) is 0 Å². The molecular weight excluding hydrogens is 447 g/mol. The highest BCUT2D eigenvalue weighted by Gasteiger charge is 2.13. The molecule has 1 heterocycles. The van der Waals surface area contributed by atoms with Gasteiger partial charge in [-0.3, -0.25) is 9.36 Å². The summed E-state index contributed by atoms with van der Waals surface area (Å²) in [6.45, 7) is 3.38. The van der Waals surface area contributed by atoms with Gasteiger partial charge in [0.25, 0.3) is 5.56 Å². The summed E-state index contributed by atoms with van der Waals surface area (Å²) in [6, 6.07) is 20.2. The zero-order valence-electron chi connectivity index (χ0n) is 17.6. The summed E-state index contributed by atoms with van der Waals surface area (Å²) in [5.41, 5.74) is 2.34. The van der Waals surface area contributed by atoms with Crippen molar-refractivity contribution in [3.63, 3.8) is 0 Å². The number of rotatable bonds is 8. The van der Waals surface area contributed by atoms with Crippen molar-refractivity contribution >= 4 is 34.1 Å². The molecule has 0 saturated heterocycles. The molecule has 3 aromatic carbocycles. The van der Waals surface area contributed by atoms with Crippen LogP contribution in [-0.4, -0.2) is 29.4 Å². The molecule has 0 spiro atoms. The number of ether oxygens (including phenoxy) is 2. The van der Waals surface area contributed by atoms with Gasteiger partial charge in [0.1, 0.15) is 18.2 Å². The highest BCUT2D eigenvalue weighted by Crippen LogP contribution is 2.27. The lowest BCUT2D eigenvalue weighted by Crippen LogP contribution is -2.26. The van der Waals surface area contributed by atoms with Crippen LogP contribution in [0.1, 0.15) is 5.56 Å². The van der Waals surface area contributed by atoms with Crippen molar-refractivity contribution in [2.75, 3.05) is 19.8 Å². The van der Waals surface area contributed by atoms with E-state index in [1.165, 1.54) is 0 Å². The average Bonchev–Trinajstić information content (AvgIpc) is 2.79. The summed E-state index contributed by atoms with van der Waals surface area (Å²) in [4.78, 5) is 17.9. The van der Waals surface area contributed by atoms with Gasteiger partial charge in [-0.1, -0.05) is 47.5 Å². The largest absolute Gasteiger partial charge is 0.489 e. The molecule has 0 aliphatic rings. The normalized spacial score (nSPS) is 11.1. The Morgan fingerprint density at radius 1 is 0.906 bits per heavy atom. The summed E-state index contributed by atoms with van der Waals surface area (Å²) in [6.07, 6.45) is 0. The van der Waals surface area contributed by atoms with Crippen LogP contribution >= 0.6 is 23.2 Å². The van der Waals surface area contributed by atoms with Crippen LogP contribution in [0, 0.1) is 6.92 Å². The van der Waals surface area contributed by atoms with E-state index in [1.54, 1.807) is 28.8 Å². The molecule has 32 heavy (non-hydrogen) atoms. The van der Waals surface area contributed by atoms with Crippen LogP contribution in [-0.2, 0) is 11.3 Å². The van der Waals surface area contributed by atoms with Gasteiger partial charge in [0.05, 0.1) is 35.7 Å². The van der Waals surface area contributed by atoms with Crippen molar-refractivity contribution in [3.05, 3.63) is 92.7 Å². The van der Waals surface area contributed by atoms with Gasteiger partial charge in [-0.2, -0.15) is 0 Å². The molecule has 4 aromatic rings. The maximum Gasteiger partial charge on any atom is 0.261 e. The predicted molar refractivity (Wildman–Crippen MR) is 129 cm³/mol. The Morgan fingerprint density at radius 2 is 1.69 bits per heavy atom. The van der Waals surface area contributed by atoms with Gasteiger partial charge in [-0.05, 0) is 55.0 Å². The maximum absolute atomic E-state index is 13.2. The molecule has 0 fully saturated rings. The lowest BCUT2D eigenvalue weighted by molar-refractivity contribution is 0.0939. The molecule has 0 aliphatic carbocycles. The smallest absolute Gasteiger partial charge is 0.261 e. The summed E-state index contributed by atoms with van der Waals surface area (Å²) in [5.74, 6) is 1.25. The second kappa shape index (κ2) is 10.2. The van der Waals surface area contributed by atoms with Crippen LogP contribution in [0.15, 0.2) is 71.5 Å². The fraction of sp³-hybridized carbons (Fsp3) is 0.200. The van der Waals surface area contributed by atoms with Gasteiger partial charge in [0.15, 0.2) is 0 Å². The first kappa shape index (κ1) is 22.3. The van der Waals surface area contributed by atoms with E-state index < -0.39 is 0 Å². The number of aryl methyl sites for hydroxylation is 1. The summed E-state index contributed by atoms with van der Waals surface area (Å²) in [7, 11) is 0. The van der Waals surface area contributed by atoms with Crippen LogP contribution in [0.25, 0.3) is 22.3 Å². The number of aromatic nitrogens is 2. The first-order valence-corrected chi connectivity index (χ1v) is 11.0. The Morgan fingerprint density at radius 3 is 2.47 bits per heavy atom. The molecule has 7 heteroatoms. The van der Waals surface area contributed by atoms with Gasteiger partial charge < -0.3 is 9.47 Å². The Bertz CT molecular complexity index is 1270. The van der Waals surface area contributed by atoms with E-state index in [9.17, 15) is 4.79 Å². The minimum absolute atomic E-state index is 0.105. The number of fused-ring (bicyclic) bond motifs is 1. The van der Waals surface area contributed by atoms with E-state index in [-0.39, 0.29) is 5.56 Å². The fourth-order valence-electron chi connectivity index (χ4n) is 3.45. The third-order valence-corrected chi connectivity index (χ3v) is 5.61. The fourth-order valence-corrected chi connectivity index (χ4v) is 3.86. The van der Waals surface area contributed by atoms with E-state index in [0.29, 0.717) is 58.9 Å². The zero-order chi connectivity index (χ0) is 22.5. The second-order valence-electron chi connectivity index (χ2n) is 7.26. The summed E-state index contributed by atoms with van der Waals surface area (Å²) in [5, 5.41) is 1.77. The topological polar surface area (TPSA) is 53.4 Å². The highest BCUT2D eigenvalue weighted by molar-refractivity contribution is 6.32. The molecule has 0 aliphatic heterocycles. The Labute approximate surface area is 196 Å². The van der Waals surface area contributed by atoms with Crippen LogP contribution in [0.3, 0.4) is 0 Å². The monoisotopic (exact) mass is 468 g/mol. The summed E-state index contributed by atoms with van der Waals surface area (Å²) >= 11 is 12.2. The van der Waals surface area contributed by atoms with E-state index in [4.69, 9.17) is 37.7 Å². The molecule has 0 atom stereocenters.